The van der Waals surface area contributed by atoms with Crippen molar-refractivity contribution in [3.05, 3.63) is 35.6 Å². The summed E-state index contributed by atoms with van der Waals surface area (Å²) in [6.07, 6.45) is 7.80. The second-order valence-corrected chi connectivity index (χ2v) is 9.99. The third-order valence-electron chi connectivity index (χ3n) is 8.04. The molecule has 31 heavy (non-hydrogen) atoms. The molecule has 7 heteroatoms. The normalized spacial score (nSPS) is 31.7. The maximum absolute atomic E-state index is 13.8. The van der Waals surface area contributed by atoms with Crippen LogP contribution >= 0.6 is 12.4 Å². The lowest BCUT2D eigenvalue weighted by Gasteiger charge is -2.57. The Kier molecular flexibility index (Phi) is 6.32. The van der Waals surface area contributed by atoms with Crippen LogP contribution in [0.15, 0.2) is 24.3 Å². The zero-order valence-electron chi connectivity index (χ0n) is 18.0. The third kappa shape index (κ3) is 4.09. The van der Waals surface area contributed by atoms with E-state index in [2.05, 4.69) is 4.90 Å². The maximum Gasteiger partial charge on any atom is 0.242 e. The molecule has 1 saturated carbocycles. The van der Waals surface area contributed by atoms with E-state index < -0.39 is 5.54 Å². The van der Waals surface area contributed by atoms with Crippen LogP contribution in [0.2, 0.25) is 0 Å². The molecule has 0 unspecified atom stereocenters. The first-order valence-electron chi connectivity index (χ1n) is 11.6. The molecule has 2 bridgehead atoms. The lowest BCUT2D eigenvalue weighted by Crippen LogP contribution is -2.67. The van der Waals surface area contributed by atoms with Crippen molar-refractivity contribution in [2.75, 3.05) is 13.1 Å². The molecule has 170 valence electrons. The standard InChI is InChI=1S/C24H32FN3O2.ClH/c25-19-6-3-5-16(11-19)12-21-18-13-17(20-7-4-8-22(29)28(20)21)14-27(15-18)23(30)24(26)9-1-2-10-24;/h3,5-6,11,17-18,20-21H,1-2,4,7-10,12-15,26H2;1H/t17-,18+,20+,21+;/m1./s1. The highest BCUT2D eigenvalue weighted by molar-refractivity contribution is 5.86. The van der Waals surface area contributed by atoms with Gasteiger partial charge in [0.2, 0.25) is 11.8 Å². The fourth-order valence-corrected chi connectivity index (χ4v) is 6.64. The Balaban J connectivity index is 0.00000231. The smallest absolute Gasteiger partial charge is 0.242 e. The summed E-state index contributed by atoms with van der Waals surface area (Å²) in [6, 6.07) is 6.92. The van der Waals surface area contributed by atoms with Crippen molar-refractivity contribution in [3.8, 4) is 0 Å². The van der Waals surface area contributed by atoms with E-state index in [0.717, 1.165) is 57.1 Å². The summed E-state index contributed by atoms with van der Waals surface area (Å²) in [7, 11) is 0. The number of likely N-dealkylation sites (tertiary alicyclic amines) is 1. The van der Waals surface area contributed by atoms with Gasteiger partial charge in [-0.2, -0.15) is 0 Å². The highest BCUT2D eigenvalue weighted by atomic mass is 35.5. The quantitative estimate of drug-likeness (QED) is 0.770. The number of rotatable bonds is 3. The molecule has 2 N–H and O–H groups in total. The minimum Gasteiger partial charge on any atom is -0.340 e. The van der Waals surface area contributed by atoms with Crippen LogP contribution < -0.4 is 5.73 Å². The number of benzene rings is 1. The SMILES string of the molecule is Cl.NC1(C(=O)N2C[C@H]3C[C@@H](C2)[C@H](Cc2cccc(F)c2)N2C(=O)CCC[C@@H]32)CCCC1. The van der Waals surface area contributed by atoms with Gasteiger partial charge in [-0.1, -0.05) is 25.0 Å². The van der Waals surface area contributed by atoms with E-state index in [0.29, 0.717) is 25.3 Å². The molecular weight excluding hydrogens is 417 g/mol. The Labute approximate surface area is 189 Å². The third-order valence-corrected chi connectivity index (χ3v) is 8.04. The fourth-order valence-electron chi connectivity index (χ4n) is 6.64. The Morgan fingerprint density at radius 2 is 1.90 bits per heavy atom. The summed E-state index contributed by atoms with van der Waals surface area (Å²) in [5.74, 6) is 0.641. The average molecular weight is 450 g/mol. The maximum atomic E-state index is 13.8. The van der Waals surface area contributed by atoms with Gasteiger partial charge in [-0.15, -0.1) is 12.4 Å². The van der Waals surface area contributed by atoms with Gasteiger partial charge in [-0.3, -0.25) is 9.59 Å². The van der Waals surface area contributed by atoms with Crippen LogP contribution in [-0.2, 0) is 16.0 Å². The Hall–Kier alpha value is -1.66. The summed E-state index contributed by atoms with van der Waals surface area (Å²) in [5.41, 5.74) is 6.73. The molecule has 4 fully saturated rings. The minimum atomic E-state index is -0.703. The molecule has 3 saturated heterocycles. The first-order valence-corrected chi connectivity index (χ1v) is 11.6. The highest BCUT2D eigenvalue weighted by Gasteiger charge is 2.51. The number of nitrogens with zero attached hydrogens (tertiary/aromatic N) is 2. The first-order chi connectivity index (χ1) is 14.4. The largest absolute Gasteiger partial charge is 0.340 e. The molecule has 0 aromatic heterocycles. The van der Waals surface area contributed by atoms with Crippen LogP contribution in [0.4, 0.5) is 4.39 Å². The van der Waals surface area contributed by atoms with Crippen molar-refractivity contribution < 1.29 is 14.0 Å². The zero-order chi connectivity index (χ0) is 20.9. The molecule has 0 spiro atoms. The second-order valence-electron chi connectivity index (χ2n) is 9.99. The van der Waals surface area contributed by atoms with Gasteiger partial charge in [0.05, 0.1) is 5.54 Å². The molecule has 1 aromatic rings. The fraction of sp³-hybridized carbons (Fsp3) is 0.667. The lowest BCUT2D eigenvalue weighted by molar-refractivity contribution is -0.157. The lowest BCUT2D eigenvalue weighted by atomic mass is 9.70. The van der Waals surface area contributed by atoms with Crippen molar-refractivity contribution in [2.45, 2.75) is 75.4 Å². The second kappa shape index (κ2) is 8.70. The van der Waals surface area contributed by atoms with Crippen molar-refractivity contribution >= 4 is 24.2 Å². The van der Waals surface area contributed by atoms with E-state index in [1.807, 2.05) is 11.0 Å². The number of amides is 2. The van der Waals surface area contributed by atoms with E-state index in [9.17, 15) is 14.0 Å². The number of hydrogen-bond acceptors (Lipinski definition) is 3. The van der Waals surface area contributed by atoms with Crippen LogP contribution in [-0.4, -0.2) is 52.3 Å². The van der Waals surface area contributed by atoms with Gasteiger partial charge in [-0.25, -0.2) is 4.39 Å². The monoisotopic (exact) mass is 449 g/mol. The van der Waals surface area contributed by atoms with Crippen LogP contribution in [0.25, 0.3) is 0 Å². The molecule has 2 amide bonds. The van der Waals surface area contributed by atoms with Gasteiger partial charge in [0, 0.05) is 31.6 Å². The van der Waals surface area contributed by atoms with Gasteiger partial charge in [-0.05, 0) is 68.1 Å². The van der Waals surface area contributed by atoms with E-state index in [1.54, 1.807) is 12.1 Å². The van der Waals surface area contributed by atoms with Crippen LogP contribution in [0.5, 0.6) is 0 Å². The number of halogens is 2. The number of carbonyl (C=O) groups excluding carboxylic acids is 2. The highest BCUT2D eigenvalue weighted by Crippen LogP contribution is 2.43. The van der Waals surface area contributed by atoms with Gasteiger partial charge < -0.3 is 15.5 Å². The van der Waals surface area contributed by atoms with E-state index in [-0.39, 0.29) is 48.0 Å². The molecule has 3 aliphatic heterocycles. The molecule has 0 radical (unpaired) electrons. The van der Waals surface area contributed by atoms with Gasteiger partial charge in [0.1, 0.15) is 5.82 Å². The summed E-state index contributed by atoms with van der Waals surface area (Å²) in [5, 5.41) is 0. The number of carbonyl (C=O) groups is 2. The number of fused-ring (bicyclic) bond motifs is 4. The predicted molar refractivity (Wildman–Crippen MR) is 119 cm³/mol. The van der Waals surface area contributed by atoms with Crippen molar-refractivity contribution in [1.29, 1.82) is 0 Å². The number of nitrogens with two attached hydrogens (primary N) is 1. The van der Waals surface area contributed by atoms with Crippen LogP contribution in [0.1, 0.15) is 56.9 Å². The summed E-state index contributed by atoms with van der Waals surface area (Å²) in [4.78, 5) is 30.5. The Bertz CT molecular complexity index is 844. The molecule has 5 nitrogen and oxygen atoms in total. The van der Waals surface area contributed by atoms with Crippen LogP contribution in [0, 0.1) is 17.7 Å². The summed E-state index contributed by atoms with van der Waals surface area (Å²) in [6.45, 7) is 1.38. The Morgan fingerprint density at radius 1 is 1.16 bits per heavy atom. The van der Waals surface area contributed by atoms with Crippen LogP contribution in [0.3, 0.4) is 0 Å². The first kappa shape index (κ1) is 22.5. The number of hydrogen-bond donors (Lipinski definition) is 1. The van der Waals surface area contributed by atoms with E-state index >= 15 is 0 Å². The minimum absolute atomic E-state index is 0. The molecule has 4 atom stereocenters. The van der Waals surface area contributed by atoms with Crippen molar-refractivity contribution in [1.82, 2.24) is 9.80 Å². The predicted octanol–water partition coefficient (Wildman–Crippen LogP) is 3.29. The molecule has 1 aliphatic carbocycles. The molecule has 1 aromatic carbocycles. The zero-order valence-corrected chi connectivity index (χ0v) is 18.8. The van der Waals surface area contributed by atoms with Gasteiger partial charge >= 0.3 is 0 Å². The van der Waals surface area contributed by atoms with Gasteiger partial charge in [0.25, 0.3) is 0 Å². The van der Waals surface area contributed by atoms with E-state index in [4.69, 9.17) is 5.73 Å². The van der Waals surface area contributed by atoms with Crippen molar-refractivity contribution in [2.24, 2.45) is 17.6 Å². The van der Waals surface area contributed by atoms with E-state index in [1.165, 1.54) is 6.07 Å². The van der Waals surface area contributed by atoms with Gasteiger partial charge in [0.15, 0.2) is 0 Å². The summed E-state index contributed by atoms with van der Waals surface area (Å²) >= 11 is 0. The molecule has 3 heterocycles. The molecule has 5 rings (SSSR count). The summed E-state index contributed by atoms with van der Waals surface area (Å²) < 4.78 is 13.8. The molecular formula is C24H33ClFN3O2. The number of piperidine rings is 3. The molecule has 4 aliphatic rings. The Morgan fingerprint density at radius 3 is 2.65 bits per heavy atom. The topological polar surface area (TPSA) is 66.6 Å². The van der Waals surface area contributed by atoms with Crippen molar-refractivity contribution in [3.63, 3.8) is 0 Å². The average Bonchev–Trinajstić information content (AvgIpc) is 3.18.